The Morgan fingerprint density at radius 3 is 2.43 bits per heavy atom. The van der Waals surface area contributed by atoms with Gasteiger partial charge in [-0.1, -0.05) is 27.7 Å². The molecule has 82 valence electrons. The summed E-state index contributed by atoms with van der Waals surface area (Å²) in [6.07, 6.45) is 3.64. The fourth-order valence-electron chi connectivity index (χ4n) is 3.78. The van der Waals surface area contributed by atoms with Crippen LogP contribution in [0.15, 0.2) is 0 Å². The number of aliphatic hydroxyl groups excluding tert-OH is 1. The average molecular weight is 196 g/mol. The Morgan fingerprint density at radius 1 is 1.29 bits per heavy atom. The van der Waals surface area contributed by atoms with E-state index < -0.39 is 0 Å². The standard InChI is InChI=1S/C13H24O/c1-8(2)5-10-11-6-9(7-12(10)14)13(11,3)4/h8-12,14H,5-7H2,1-4H3/t9-,10?,11+,12+/m0/s1. The molecule has 3 aliphatic rings. The molecule has 3 fully saturated rings. The van der Waals surface area contributed by atoms with Crippen molar-refractivity contribution in [3.05, 3.63) is 0 Å². The maximum atomic E-state index is 10.1. The highest BCUT2D eigenvalue weighted by Gasteiger charge is 2.57. The molecule has 0 heterocycles. The van der Waals surface area contributed by atoms with Gasteiger partial charge in [0.25, 0.3) is 0 Å². The fourth-order valence-corrected chi connectivity index (χ4v) is 3.78. The van der Waals surface area contributed by atoms with Gasteiger partial charge in [0, 0.05) is 0 Å². The molecule has 1 nitrogen and oxygen atoms in total. The van der Waals surface area contributed by atoms with Crippen LogP contribution in [-0.2, 0) is 0 Å². The highest BCUT2D eigenvalue weighted by molar-refractivity contribution is 5.06. The van der Waals surface area contributed by atoms with Crippen LogP contribution in [0.4, 0.5) is 0 Å². The molecule has 0 aromatic rings. The van der Waals surface area contributed by atoms with Gasteiger partial charge in [0.1, 0.15) is 0 Å². The van der Waals surface area contributed by atoms with Gasteiger partial charge in [-0.3, -0.25) is 0 Å². The van der Waals surface area contributed by atoms with Crippen molar-refractivity contribution in [1.29, 1.82) is 0 Å². The largest absolute Gasteiger partial charge is 0.393 e. The van der Waals surface area contributed by atoms with Gasteiger partial charge in [0.2, 0.25) is 0 Å². The van der Waals surface area contributed by atoms with Crippen LogP contribution in [0.25, 0.3) is 0 Å². The quantitative estimate of drug-likeness (QED) is 0.719. The molecule has 1 heteroatoms. The van der Waals surface area contributed by atoms with Crippen LogP contribution in [0.3, 0.4) is 0 Å². The second-order valence-electron chi connectivity index (χ2n) is 6.46. The summed E-state index contributed by atoms with van der Waals surface area (Å²) in [6, 6.07) is 0. The summed E-state index contributed by atoms with van der Waals surface area (Å²) in [4.78, 5) is 0. The van der Waals surface area contributed by atoms with Gasteiger partial charge in [-0.05, 0) is 48.3 Å². The van der Waals surface area contributed by atoms with E-state index in [0.717, 1.165) is 24.2 Å². The molecule has 3 rings (SSSR count). The van der Waals surface area contributed by atoms with Gasteiger partial charge in [0.15, 0.2) is 0 Å². The minimum absolute atomic E-state index is 0.00539. The highest BCUT2D eigenvalue weighted by Crippen LogP contribution is 2.62. The lowest BCUT2D eigenvalue weighted by Crippen LogP contribution is -2.57. The Hall–Kier alpha value is -0.0400. The van der Waals surface area contributed by atoms with Crippen molar-refractivity contribution >= 4 is 0 Å². The topological polar surface area (TPSA) is 20.2 Å². The number of hydrogen-bond acceptors (Lipinski definition) is 1. The first-order chi connectivity index (χ1) is 6.43. The third kappa shape index (κ3) is 1.41. The molecule has 0 aromatic heterocycles. The molecule has 0 radical (unpaired) electrons. The molecule has 0 amide bonds. The molecule has 0 spiro atoms. The van der Waals surface area contributed by atoms with E-state index in [1.807, 2.05) is 0 Å². The van der Waals surface area contributed by atoms with Crippen LogP contribution in [0.1, 0.15) is 47.0 Å². The second kappa shape index (κ2) is 3.23. The normalized spacial score (nSPS) is 45.0. The molecule has 2 bridgehead atoms. The van der Waals surface area contributed by atoms with Crippen LogP contribution in [-0.4, -0.2) is 11.2 Å². The van der Waals surface area contributed by atoms with E-state index in [4.69, 9.17) is 0 Å². The van der Waals surface area contributed by atoms with Crippen molar-refractivity contribution in [2.45, 2.75) is 53.1 Å². The van der Waals surface area contributed by atoms with Gasteiger partial charge >= 0.3 is 0 Å². The van der Waals surface area contributed by atoms with Crippen molar-refractivity contribution < 1.29 is 5.11 Å². The third-order valence-corrected chi connectivity index (χ3v) is 4.83. The first-order valence-corrected chi connectivity index (χ1v) is 6.11. The maximum Gasteiger partial charge on any atom is 0.0574 e. The Kier molecular flexibility index (Phi) is 2.42. The maximum absolute atomic E-state index is 10.1. The minimum atomic E-state index is -0.00539. The first kappa shape index (κ1) is 10.5. The zero-order valence-electron chi connectivity index (χ0n) is 9.96. The molecule has 14 heavy (non-hydrogen) atoms. The fraction of sp³-hybridized carbons (Fsp3) is 1.00. The van der Waals surface area contributed by atoms with E-state index >= 15 is 0 Å². The molecule has 0 saturated heterocycles. The lowest BCUT2D eigenvalue weighted by atomic mass is 9.44. The second-order valence-corrected chi connectivity index (χ2v) is 6.46. The summed E-state index contributed by atoms with van der Waals surface area (Å²) >= 11 is 0. The van der Waals surface area contributed by atoms with E-state index in [1.165, 1.54) is 12.8 Å². The predicted octanol–water partition coefficient (Wildman–Crippen LogP) is 3.08. The number of fused-ring (bicyclic) bond motifs is 2. The summed E-state index contributed by atoms with van der Waals surface area (Å²) in [6.45, 7) is 9.32. The molecule has 4 atom stereocenters. The van der Waals surface area contributed by atoms with Gasteiger partial charge in [0.05, 0.1) is 6.10 Å². The van der Waals surface area contributed by atoms with Gasteiger partial charge < -0.3 is 5.11 Å². The average Bonchev–Trinajstić information content (AvgIpc) is 2.06. The molecule has 1 unspecified atom stereocenters. The molecular formula is C13H24O. The van der Waals surface area contributed by atoms with Gasteiger partial charge in [-0.15, -0.1) is 0 Å². The summed E-state index contributed by atoms with van der Waals surface area (Å²) in [7, 11) is 0. The van der Waals surface area contributed by atoms with E-state index in [2.05, 4.69) is 27.7 Å². The van der Waals surface area contributed by atoms with E-state index in [1.54, 1.807) is 0 Å². The minimum Gasteiger partial charge on any atom is -0.393 e. The van der Waals surface area contributed by atoms with Crippen molar-refractivity contribution in [2.24, 2.45) is 29.1 Å². The smallest absolute Gasteiger partial charge is 0.0574 e. The highest BCUT2D eigenvalue weighted by atomic mass is 16.3. The molecule has 3 saturated carbocycles. The molecule has 0 aliphatic heterocycles. The van der Waals surface area contributed by atoms with Crippen LogP contribution in [0.2, 0.25) is 0 Å². The molecule has 1 N–H and O–H groups in total. The lowest BCUT2D eigenvalue weighted by molar-refractivity contribution is -0.164. The number of rotatable bonds is 2. The zero-order chi connectivity index (χ0) is 10.5. The van der Waals surface area contributed by atoms with E-state index in [-0.39, 0.29) is 6.10 Å². The molecule has 3 aliphatic carbocycles. The van der Waals surface area contributed by atoms with E-state index in [9.17, 15) is 5.11 Å². The Morgan fingerprint density at radius 2 is 1.93 bits per heavy atom. The summed E-state index contributed by atoms with van der Waals surface area (Å²) in [5.41, 5.74) is 0.513. The summed E-state index contributed by atoms with van der Waals surface area (Å²) < 4.78 is 0. The monoisotopic (exact) mass is 196 g/mol. The van der Waals surface area contributed by atoms with Crippen molar-refractivity contribution in [3.63, 3.8) is 0 Å². The van der Waals surface area contributed by atoms with Crippen LogP contribution >= 0.6 is 0 Å². The van der Waals surface area contributed by atoms with Gasteiger partial charge in [-0.2, -0.15) is 0 Å². The van der Waals surface area contributed by atoms with Crippen molar-refractivity contribution in [2.75, 3.05) is 0 Å². The lowest BCUT2D eigenvalue weighted by Gasteiger charge is -2.62. The Bertz CT molecular complexity index is 219. The zero-order valence-corrected chi connectivity index (χ0v) is 9.96. The Labute approximate surface area is 87.9 Å². The molecule has 0 aromatic carbocycles. The van der Waals surface area contributed by atoms with Gasteiger partial charge in [-0.25, -0.2) is 0 Å². The van der Waals surface area contributed by atoms with E-state index in [0.29, 0.717) is 11.3 Å². The predicted molar refractivity (Wildman–Crippen MR) is 58.9 cm³/mol. The third-order valence-electron chi connectivity index (χ3n) is 4.83. The number of hydrogen-bond donors (Lipinski definition) is 1. The van der Waals surface area contributed by atoms with Crippen molar-refractivity contribution in [3.8, 4) is 0 Å². The van der Waals surface area contributed by atoms with Crippen molar-refractivity contribution in [1.82, 2.24) is 0 Å². The van der Waals surface area contributed by atoms with Crippen LogP contribution < -0.4 is 0 Å². The Balaban J connectivity index is 2.07. The van der Waals surface area contributed by atoms with Crippen LogP contribution in [0, 0.1) is 29.1 Å². The summed E-state index contributed by atoms with van der Waals surface area (Å²) in [5.74, 6) is 2.89. The summed E-state index contributed by atoms with van der Waals surface area (Å²) in [5, 5.41) is 10.1. The first-order valence-electron chi connectivity index (χ1n) is 6.11. The number of aliphatic hydroxyl groups is 1. The van der Waals surface area contributed by atoms with Crippen LogP contribution in [0.5, 0.6) is 0 Å². The SMILES string of the molecule is CC(C)CC1[C@H](O)C[C@@H]2C[C@H]1C2(C)C. The molecular weight excluding hydrogens is 172 g/mol.